The molecule has 0 fully saturated rings. The fraction of sp³-hybridized carbons (Fsp3) is 0.111. The molecule has 0 unspecified atom stereocenters. The predicted molar refractivity (Wildman–Crippen MR) is 45.3 cm³/mol. The zero-order chi connectivity index (χ0) is 9.26. The monoisotopic (exact) mass is 174 g/mol. The van der Waals surface area contributed by atoms with Crippen LogP contribution in [0.2, 0.25) is 0 Å². The zero-order valence-corrected chi connectivity index (χ0v) is 6.70. The van der Waals surface area contributed by atoms with E-state index in [1.54, 1.807) is 18.2 Å². The van der Waals surface area contributed by atoms with E-state index in [2.05, 4.69) is 5.32 Å². The first-order valence-corrected chi connectivity index (χ1v) is 3.76. The summed E-state index contributed by atoms with van der Waals surface area (Å²) < 4.78 is 5.12. The molecule has 4 heteroatoms. The van der Waals surface area contributed by atoms with Crippen LogP contribution < -0.4 is 10.1 Å². The number of nitrogens with zero attached hydrogens (tertiary/aromatic N) is 1. The van der Waals surface area contributed by atoms with Crippen molar-refractivity contribution < 1.29 is 9.53 Å². The summed E-state index contributed by atoms with van der Waals surface area (Å²) in [6.07, 6.45) is 0. The molecule has 0 saturated carbocycles. The van der Waals surface area contributed by atoms with Gasteiger partial charge in [-0.15, -0.1) is 0 Å². The molecule has 1 aliphatic rings. The van der Waals surface area contributed by atoms with E-state index >= 15 is 0 Å². The van der Waals surface area contributed by atoms with Crippen LogP contribution in [0, 0.1) is 11.3 Å². The molecule has 0 atom stereocenters. The van der Waals surface area contributed by atoms with Gasteiger partial charge in [-0.2, -0.15) is 5.26 Å². The Hall–Kier alpha value is -2.02. The minimum absolute atomic E-state index is 0.0158. The van der Waals surface area contributed by atoms with E-state index in [-0.39, 0.29) is 12.5 Å². The van der Waals surface area contributed by atoms with E-state index in [9.17, 15) is 4.79 Å². The molecule has 0 bridgehead atoms. The van der Waals surface area contributed by atoms with Crippen molar-refractivity contribution >= 4 is 11.6 Å². The number of carbonyl (C=O) groups excluding carboxylic acids is 1. The second-order valence-corrected chi connectivity index (χ2v) is 2.66. The Kier molecular flexibility index (Phi) is 1.64. The standard InChI is InChI=1S/C9H6N2O2/c10-4-6-1-2-7-8(3-6)13-5-9(12)11-7/h1-3H,5H2,(H,11,12). The average Bonchev–Trinajstić information content (AvgIpc) is 2.17. The lowest BCUT2D eigenvalue weighted by molar-refractivity contribution is -0.118. The van der Waals surface area contributed by atoms with Gasteiger partial charge in [0, 0.05) is 6.07 Å². The molecule has 1 amide bonds. The van der Waals surface area contributed by atoms with E-state index in [0.29, 0.717) is 17.0 Å². The lowest BCUT2D eigenvalue weighted by Gasteiger charge is -2.17. The number of rotatable bonds is 0. The molecule has 1 aliphatic heterocycles. The van der Waals surface area contributed by atoms with Crippen molar-refractivity contribution in [1.29, 1.82) is 5.26 Å². The smallest absolute Gasteiger partial charge is 0.262 e. The quantitative estimate of drug-likeness (QED) is 0.635. The van der Waals surface area contributed by atoms with Gasteiger partial charge in [0.2, 0.25) is 0 Å². The van der Waals surface area contributed by atoms with Gasteiger partial charge in [0.25, 0.3) is 5.91 Å². The summed E-state index contributed by atoms with van der Waals surface area (Å²) in [6.45, 7) is 0.0158. The van der Waals surface area contributed by atoms with Crippen LogP contribution in [0.1, 0.15) is 5.56 Å². The summed E-state index contributed by atoms with van der Waals surface area (Å²) in [4.78, 5) is 10.9. The average molecular weight is 174 g/mol. The molecule has 0 radical (unpaired) electrons. The first-order valence-electron chi connectivity index (χ1n) is 3.76. The van der Waals surface area contributed by atoms with Gasteiger partial charge < -0.3 is 10.1 Å². The van der Waals surface area contributed by atoms with Crippen LogP contribution >= 0.6 is 0 Å². The summed E-state index contributed by atoms with van der Waals surface area (Å²) >= 11 is 0. The van der Waals surface area contributed by atoms with Gasteiger partial charge in [0.1, 0.15) is 5.75 Å². The predicted octanol–water partition coefficient (Wildman–Crippen LogP) is 0.889. The molecule has 4 nitrogen and oxygen atoms in total. The Morgan fingerprint density at radius 1 is 1.54 bits per heavy atom. The summed E-state index contributed by atoms with van der Waals surface area (Å²) in [6, 6.07) is 6.89. The van der Waals surface area contributed by atoms with Gasteiger partial charge in [-0.05, 0) is 12.1 Å². The number of ether oxygens (including phenoxy) is 1. The van der Waals surface area contributed by atoms with E-state index in [1.807, 2.05) is 6.07 Å². The maximum atomic E-state index is 10.9. The highest BCUT2D eigenvalue weighted by Crippen LogP contribution is 2.27. The van der Waals surface area contributed by atoms with Gasteiger partial charge in [0.05, 0.1) is 17.3 Å². The van der Waals surface area contributed by atoms with E-state index in [1.165, 1.54) is 0 Å². The minimum atomic E-state index is -0.169. The van der Waals surface area contributed by atoms with Crippen LogP contribution in [0.4, 0.5) is 5.69 Å². The van der Waals surface area contributed by atoms with Gasteiger partial charge >= 0.3 is 0 Å². The number of fused-ring (bicyclic) bond motifs is 1. The first-order chi connectivity index (χ1) is 6.29. The number of hydrogen-bond acceptors (Lipinski definition) is 3. The molecule has 0 saturated heterocycles. The van der Waals surface area contributed by atoms with Gasteiger partial charge in [0.15, 0.2) is 6.61 Å². The summed E-state index contributed by atoms with van der Waals surface area (Å²) in [5.41, 5.74) is 1.14. The number of nitrogens with one attached hydrogen (secondary N) is 1. The maximum Gasteiger partial charge on any atom is 0.262 e. The van der Waals surface area contributed by atoms with Crippen LogP contribution in [-0.4, -0.2) is 12.5 Å². The number of anilines is 1. The fourth-order valence-corrected chi connectivity index (χ4v) is 1.14. The van der Waals surface area contributed by atoms with Gasteiger partial charge in [-0.25, -0.2) is 0 Å². The Bertz CT molecular complexity index is 407. The van der Waals surface area contributed by atoms with E-state index in [4.69, 9.17) is 10.00 Å². The highest BCUT2D eigenvalue weighted by atomic mass is 16.5. The highest BCUT2D eigenvalue weighted by molar-refractivity contribution is 5.95. The largest absolute Gasteiger partial charge is 0.482 e. The Morgan fingerprint density at radius 2 is 2.38 bits per heavy atom. The molecule has 0 spiro atoms. The van der Waals surface area contributed by atoms with E-state index in [0.717, 1.165) is 0 Å². The SMILES string of the molecule is N#Cc1ccc2c(c1)OCC(=O)N2. The van der Waals surface area contributed by atoms with Crippen LogP contribution in [0.5, 0.6) is 5.75 Å². The molecule has 1 heterocycles. The highest BCUT2D eigenvalue weighted by Gasteiger charge is 2.15. The molecule has 1 aromatic carbocycles. The third-order valence-electron chi connectivity index (χ3n) is 1.74. The maximum absolute atomic E-state index is 10.9. The van der Waals surface area contributed by atoms with Gasteiger partial charge in [-0.3, -0.25) is 4.79 Å². The molecule has 0 aliphatic carbocycles. The number of hydrogen-bond donors (Lipinski definition) is 1. The number of nitriles is 1. The second kappa shape index (κ2) is 2.79. The first kappa shape index (κ1) is 7.62. The Morgan fingerprint density at radius 3 is 3.15 bits per heavy atom. The third-order valence-corrected chi connectivity index (χ3v) is 1.74. The number of carbonyl (C=O) groups is 1. The molecular weight excluding hydrogens is 168 g/mol. The van der Waals surface area contributed by atoms with Crippen molar-refractivity contribution in [2.45, 2.75) is 0 Å². The second-order valence-electron chi connectivity index (χ2n) is 2.66. The van der Waals surface area contributed by atoms with Crippen molar-refractivity contribution in [2.75, 3.05) is 11.9 Å². The van der Waals surface area contributed by atoms with Crippen molar-refractivity contribution in [1.82, 2.24) is 0 Å². The minimum Gasteiger partial charge on any atom is -0.482 e. The molecule has 64 valence electrons. The van der Waals surface area contributed by atoms with Crippen LogP contribution in [0.25, 0.3) is 0 Å². The normalized spacial score (nSPS) is 13.6. The molecule has 1 N–H and O–H groups in total. The summed E-state index contributed by atoms with van der Waals surface area (Å²) in [5.74, 6) is 0.385. The molecular formula is C9H6N2O2. The summed E-state index contributed by atoms with van der Waals surface area (Å²) in [7, 11) is 0. The van der Waals surface area contributed by atoms with Crippen molar-refractivity contribution in [3.8, 4) is 11.8 Å². The van der Waals surface area contributed by atoms with Crippen LogP contribution in [0.15, 0.2) is 18.2 Å². The number of amides is 1. The summed E-state index contributed by atoms with van der Waals surface area (Å²) in [5, 5.41) is 11.2. The van der Waals surface area contributed by atoms with Gasteiger partial charge in [-0.1, -0.05) is 0 Å². The Labute approximate surface area is 74.7 Å². The van der Waals surface area contributed by atoms with Crippen molar-refractivity contribution in [2.24, 2.45) is 0 Å². The molecule has 1 aromatic rings. The fourth-order valence-electron chi connectivity index (χ4n) is 1.14. The van der Waals surface area contributed by atoms with Crippen molar-refractivity contribution in [3.05, 3.63) is 23.8 Å². The van der Waals surface area contributed by atoms with Crippen LogP contribution in [0.3, 0.4) is 0 Å². The van der Waals surface area contributed by atoms with E-state index < -0.39 is 0 Å². The molecule has 0 aromatic heterocycles. The Balaban J connectivity index is 2.43. The molecule has 2 rings (SSSR count). The lowest BCUT2D eigenvalue weighted by Crippen LogP contribution is -2.25. The van der Waals surface area contributed by atoms with Crippen molar-refractivity contribution in [3.63, 3.8) is 0 Å². The molecule has 13 heavy (non-hydrogen) atoms. The lowest BCUT2D eigenvalue weighted by atomic mass is 10.2. The topological polar surface area (TPSA) is 62.1 Å². The third kappa shape index (κ3) is 1.32. The number of benzene rings is 1. The van der Waals surface area contributed by atoms with Crippen LogP contribution in [-0.2, 0) is 4.79 Å². The zero-order valence-electron chi connectivity index (χ0n) is 6.70.